The Bertz CT molecular complexity index is 1450. The van der Waals surface area contributed by atoms with Crippen LogP contribution in [0.1, 0.15) is 52.0 Å². The Morgan fingerprint density at radius 2 is 1.76 bits per heavy atom. The molecule has 0 N–H and O–H groups in total. The first-order valence-electron chi connectivity index (χ1n) is 13.1. The molecule has 3 aliphatic rings. The van der Waals surface area contributed by atoms with E-state index in [2.05, 4.69) is 10.1 Å². The Kier molecular flexibility index (Phi) is 5.89. The van der Waals surface area contributed by atoms with Crippen molar-refractivity contribution < 1.29 is 19.0 Å². The van der Waals surface area contributed by atoms with Gasteiger partial charge in [-0.25, -0.2) is 9.48 Å². The molecule has 2 fully saturated rings. The maximum absolute atomic E-state index is 12.7. The van der Waals surface area contributed by atoms with Gasteiger partial charge in [-0.2, -0.15) is 10.1 Å². The van der Waals surface area contributed by atoms with Crippen LogP contribution in [0.5, 0.6) is 11.8 Å². The topological polar surface area (TPSA) is 95.8 Å². The molecule has 2 saturated heterocycles. The molecule has 6 rings (SSSR count). The minimum absolute atomic E-state index is 0.0117. The van der Waals surface area contributed by atoms with Crippen LogP contribution in [0.4, 0.5) is 4.79 Å². The molecular weight excluding hydrogens is 484 g/mol. The van der Waals surface area contributed by atoms with Crippen molar-refractivity contribution in [3.05, 3.63) is 58.5 Å². The summed E-state index contributed by atoms with van der Waals surface area (Å²) in [7, 11) is 1.63. The number of amides is 1. The number of hydrogen-bond acceptors (Lipinski definition) is 7. The van der Waals surface area contributed by atoms with Crippen molar-refractivity contribution in [2.45, 2.75) is 76.9 Å². The predicted molar refractivity (Wildman–Crippen MR) is 141 cm³/mol. The van der Waals surface area contributed by atoms with E-state index in [1.165, 1.54) is 4.68 Å². The molecule has 0 saturated carbocycles. The van der Waals surface area contributed by atoms with E-state index in [1.807, 2.05) is 56.0 Å². The predicted octanol–water partition coefficient (Wildman–Crippen LogP) is 4.71. The summed E-state index contributed by atoms with van der Waals surface area (Å²) < 4.78 is 19.3. The number of nitrogens with zero attached hydrogens (tertiary/aromatic N) is 4. The van der Waals surface area contributed by atoms with E-state index in [0.717, 1.165) is 53.5 Å². The number of aryl methyl sites for hydroxylation is 1. The Labute approximate surface area is 221 Å². The molecule has 1 aromatic carbocycles. The number of fused-ring (bicyclic) bond motifs is 5. The number of carbonyl (C=O) groups excluding carboxylic acids is 1. The van der Waals surface area contributed by atoms with E-state index in [-0.39, 0.29) is 29.8 Å². The summed E-state index contributed by atoms with van der Waals surface area (Å²) in [5.74, 6) is 1.08. The number of carbonyl (C=O) groups is 1. The minimum Gasteiger partial charge on any atom is -0.474 e. The Hall–Kier alpha value is -3.88. The van der Waals surface area contributed by atoms with Crippen molar-refractivity contribution in [2.24, 2.45) is 7.05 Å². The first-order valence-corrected chi connectivity index (χ1v) is 13.1. The van der Waals surface area contributed by atoms with E-state index in [4.69, 9.17) is 14.2 Å². The molecule has 5 heterocycles. The van der Waals surface area contributed by atoms with Crippen LogP contribution in [0.15, 0.2) is 47.4 Å². The Balaban J connectivity index is 1.16. The van der Waals surface area contributed by atoms with E-state index < -0.39 is 5.60 Å². The van der Waals surface area contributed by atoms with E-state index in [0.29, 0.717) is 18.4 Å². The van der Waals surface area contributed by atoms with Gasteiger partial charge in [-0.15, -0.1) is 0 Å². The fourth-order valence-corrected chi connectivity index (χ4v) is 5.74. The van der Waals surface area contributed by atoms with Crippen LogP contribution in [-0.4, -0.2) is 49.5 Å². The van der Waals surface area contributed by atoms with Crippen LogP contribution >= 0.6 is 0 Å². The highest BCUT2D eigenvalue weighted by atomic mass is 16.6. The van der Waals surface area contributed by atoms with Gasteiger partial charge in [-0.1, -0.05) is 12.1 Å². The van der Waals surface area contributed by atoms with Gasteiger partial charge in [0.2, 0.25) is 11.8 Å². The normalized spacial score (nSPS) is 21.8. The maximum Gasteiger partial charge on any atom is 0.410 e. The first kappa shape index (κ1) is 24.5. The van der Waals surface area contributed by atoms with Crippen molar-refractivity contribution in [1.29, 1.82) is 0 Å². The molecule has 2 bridgehead atoms. The quantitative estimate of drug-likeness (QED) is 0.497. The highest BCUT2D eigenvalue weighted by molar-refractivity contribution is 5.77. The molecule has 1 unspecified atom stereocenters. The second-order valence-corrected chi connectivity index (χ2v) is 11.4. The van der Waals surface area contributed by atoms with E-state index >= 15 is 0 Å². The molecule has 0 aliphatic carbocycles. The number of rotatable bonds is 3. The lowest BCUT2D eigenvalue weighted by Gasteiger charge is -2.39. The van der Waals surface area contributed by atoms with E-state index in [1.54, 1.807) is 19.3 Å². The molecule has 9 heteroatoms. The summed E-state index contributed by atoms with van der Waals surface area (Å²) in [4.78, 5) is 31.4. The van der Waals surface area contributed by atoms with Gasteiger partial charge in [0.05, 0.1) is 6.20 Å². The minimum atomic E-state index is -0.505. The summed E-state index contributed by atoms with van der Waals surface area (Å²) in [6.45, 7) is 6.07. The summed E-state index contributed by atoms with van der Waals surface area (Å²) in [6.07, 6.45) is 4.92. The Morgan fingerprint density at radius 3 is 2.47 bits per heavy atom. The van der Waals surface area contributed by atoms with Gasteiger partial charge in [0.1, 0.15) is 18.3 Å². The monoisotopic (exact) mass is 516 g/mol. The van der Waals surface area contributed by atoms with Crippen LogP contribution in [0.25, 0.3) is 22.3 Å². The average molecular weight is 517 g/mol. The Morgan fingerprint density at radius 1 is 1.03 bits per heavy atom. The first-order chi connectivity index (χ1) is 18.1. The van der Waals surface area contributed by atoms with Crippen molar-refractivity contribution in [3.63, 3.8) is 0 Å². The molecule has 1 amide bonds. The van der Waals surface area contributed by atoms with Crippen LogP contribution < -0.4 is 15.0 Å². The molecule has 0 radical (unpaired) electrons. The lowest BCUT2D eigenvalue weighted by molar-refractivity contribution is -0.00765. The van der Waals surface area contributed by atoms with Gasteiger partial charge in [-0.05, 0) is 62.4 Å². The smallest absolute Gasteiger partial charge is 0.410 e. The van der Waals surface area contributed by atoms with Crippen molar-refractivity contribution >= 4 is 6.09 Å². The number of piperidine rings is 1. The SMILES string of the molecule is Cn1ncc(-c2ccc3c(c2)COc2nc(OC4C[C@H]5CC[C@@H](C4)N5C(=O)OC(C)(C)C)ccc2-3)cc1=O. The fourth-order valence-electron chi connectivity index (χ4n) is 5.74. The third-order valence-corrected chi connectivity index (χ3v) is 7.48. The van der Waals surface area contributed by atoms with Gasteiger partial charge < -0.3 is 19.1 Å². The zero-order valence-electron chi connectivity index (χ0n) is 22.1. The highest BCUT2D eigenvalue weighted by Crippen LogP contribution is 2.41. The molecule has 3 aliphatic heterocycles. The summed E-state index contributed by atoms with van der Waals surface area (Å²) >= 11 is 0. The van der Waals surface area contributed by atoms with Crippen LogP contribution in [0, 0.1) is 0 Å². The van der Waals surface area contributed by atoms with Crippen LogP contribution in [-0.2, 0) is 18.4 Å². The van der Waals surface area contributed by atoms with Gasteiger partial charge in [0, 0.05) is 55.2 Å². The molecule has 38 heavy (non-hydrogen) atoms. The maximum atomic E-state index is 12.7. The molecule has 0 spiro atoms. The third-order valence-electron chi connectivity index (χ3n) is 7.48. The second-order valence-electron chi connectivity index (χ2n) is 11.4. The lowest BCUT2D eigenvalue weighted by atomic mass is 9.95. The van der Waals surface area contributed by atoms with Crippen LogP contribution in [0.2, 0.25) is 0 Å². The van der Waals surface area contributed by atoms with Crippen molar-refractivity contribution in [2.75, 3.05) is 0 Å². The summed E-state index contributed by atoms with van der Waals surface area (Å²) in [5, 5.41) is 4.12. The third kappa shape index (κ3) is 4.61. The number of pyridine rings is 1. The molecule has 3 aromatic rings. The zero-order chi connectivity index (χ0) is 26.6. The number of benzene rings is 1. The van der Waals surface area contributed by atoms with Gasteiger partial charge in [-0.3, -0.25) is 4.79 Å². The largest absolute Gasteiger partial charge is 0.474 e. The van der Waals surface area contributed by atoms with E-state index in [9.17, 15) is 9.59 Å². The van der Waals surface area contributed by atoms with Crippen molar-refractivity contribution in [3.8, 4) is 34.0 Å². The molecular formula is C29H32N4O5. The zero-order valence-corrected chi connectivity index (χ0v) is 22.1. The summed E-state index contributed by atoms with van der Waals surface area (Å²) in [6, 6.07) is 11.8. The van der Waals surface area contributed by atoms with Crippen LogP contribution in [0.3, 0.4) is 0 Å². The molecule has 198 valence electrons. The molecule has 9 nitrogen and oxygen atoms in total. The number of aromatic nitrogens is 3. The molecule has 2 aromatic heterocycles. The standard InChI is InChI=1S/C29H32N4O5/c1-29(2,3)38-28(35)33-20-6-7-21(33)14-22(13-20)37-25-10-9-24-23-8-5-17(11-19(23)16-36-27(24)31-25)18-12-26(34)32(4)30-15-18/h5,8-12,15,20-22H,6-7,13-14,16H2,1-4H3/t20-,21+,22?. The lowest BCUT2D eigenvalue weighted by Crippen LogP contribution is -2.50. The van der Waals surface area contributed by atoms with Gasteiger partial charge in [0.15, 0.2) is 0 Å². The molecule has 3 atom stereocenters. The summed E-state index contributed by atoms with van der Waals surface area (Å²) in [5.41, 5.74) is 4.02. The van der Waals surface area contributed by atoms with Gasteiger partial charge >= 0.3 is 6.09 Å². The number of ether oxygens (including phenoxy) is 3. The van der Waals surface area contributed by atoms with Crippen molar-refractivity contribution in [1.82, 2.24) is 19.7 Å². The second kappa shape index (κ2) is 9.15. The van der Waals surface area contributed by atoms with Gasteiger partial charge in [0.25, 0.3) is 5.56 Å². The highest BCUT2D eigenvalue weighted by Gasteiger charge is 2.45. The fraction of sp³-hybridized carbons (Fsp3) is 0.448. The average Bonchev–Trinajstić information content (AvgIpc) is 3.15. The number of hydrogen-bond donors (Lipinski definition) is 0.